The summed E-state index contributed by atoms with van der Waals surface area (Å²) in [5.74, 6) is 0.210. The van der Waals surface area contributed by atoms with Crippen molar-refractivity contribution in [2.45, 2.75) is 57.1 Å². The highest BCUT2D eigenvalue weighted by Crippen LogP contribution is 2.52. The number of hydrogen-bond acceptors (Lipinski definition) is 5. The number of carbonyl (C=O) groups is 1. The maximum absolute atomic E-state index is 13.3. The normalized spacial score (nSPS) is 16.5. The number of aliphatic hydroxyl groups is 1. The van der Waals surface area contributed by atoms with Crippen LogP contribution >= 0.6 is 0 Å². The van der Waals surface area contributed by atoms with Crippen LogP contribution in [0, 0.1) is 5.82 Å². The van der Waals surface area contributed by atoms with E-state index >= 15 is 0 Å². The molecule has 0 unspecified atom stereocenters. The molecule has 2 aromatic carbocycles. The monoisotopic (exact) mass is 538 g/mol. The number of aromatic nitrogens is 3. The van der Waals surface area contributed by atoms with Crippen LogP contribution in [0.3, 0.4) is 0 Å². The van der Waals surface area contributed by atoms with Crippen molar-refractivity contribution in [2.75, 3.05) is 6.54 Å². The summed E-state index contributed by atoms with van der Waals surface area (Å²) in [6.07, 6.45) is 4.58. The number of rotatable bonds is 6. The lowest BCUT2D eigenvalue weighted by molar-refractivity contribution is -0.141. The number of H-pyrrole nitrogens is 1. The van der Waals surface area contributed by atoms with Gasteiger partial charge in [0.05, 0.1) is 23.2 Å². The van der Waals surface area contributed by atoms with E-state index in [4.69, 9.17) is 4.98 Å². The third kappa shape index (κ3) is 4.73. The molecule has 0 radical (unpaired) electrons. The predicted molar refractivity (Wildman–Crippen MR) is 149 cm³/mol. The van der Waals surface area contributed by atoms with Crippen LogP contribution in [0.1, 0.15) is 72.5 Å². The van der Waals surface area contributed by atoms with Gasteiger partial charge in [-0.05, 0) is 64.8 Å². The van der Waals surface area contributed by atoms with E-state index in [0.717, 1.165) is 35.1 Å². The number of benzene rings is 2. The smallest absolute Gasteiger partial charge is 0.256 e. The summed E-state index contributed by atoms with van der Waals surface area (Å²) in [6.45, 7) is 4.70. The topological polar surface area (TPSA) is 99.2 Å². The van der Waals surface area contributed by atoms with Crippen molar-refractivity contribution >= 4 is 5.91 Å². The summed E-state index contributed by atoms with van der Waals surface area (Å²) in [5, 5.41) is 11.0. The molecule has 1 fully saturated rings. The average Bonchev–Trinajstić information content (AvgIpc) is 3.79. The summed E-state index contributed by atoms with van der Waals surface area (Å²) in [7, 11) is 0. The molecule has 0 saturated heterocycles. The summed E-state index contributed by atoms with van der Waals surface area (Å²) in [6, 6.07) is 15.2. The van der Waals surface area contributed by atoms with E-state index in [1.54, 1.807) is 30.3 Å². The number of fused-ring (bicyclic) bond motifs is 1. The third-order valence-electron chi connectivity index (χ3n) is 8.18. The van der Waals surface area contributed by atoms with E-state index in [-0.39, 0.29) is 23.3 Å². The molecule has 8 heteroatoms. The predicted octanol–water partition coefficient (Wildman–Crippen LogP) is 4.79. The highest BCUT2D eigenvalue weighted by Gasteiger charge is 2.49. The maximum Gasteiger partial charge on any atom is 0.256 e. The summed E-state index contributed by atoms with van der Waals surface area (Å²) < 4.78 is 13.3. The number of aromatic amines is 1. The molecule has 40 heavy (non-hydrogen) atoms. The number of hydrogen-bond donors (Lipinski definition) is 2. The fraction of sp³-hybridized carbons (Fsp3) is 0.312. The molecule has 1 atom stereocenters. The minimum atomic E-state index is -1.39. The Hall–Kier alpha value is -4.17. The van der Waals surface area contributed by atoms with Gasteiger partial charge in [0.2, 0.25) is 0 Å². The van der Waals surface area contributed by atoms with Crippen molar-refractivity contribution in [1.82, 2.24) is 19.9 Å². The van der Waals surface area contributed by atoms with Gasteiger partial charge in [-0.25, -0.2) is 9.37 Å². The van der Waals surface area contributed by atoms with Crippen molar-refractivity contribution < 1.29 is 14.3 Å². The maximum atomic E-state index is 13.3. The van der Waals surface area contributed by atoms with Crippen molar-refractivity contribution in [2.24, 2.45) is 0 Å². The molecule has 7 nitrogen and oxygen atoms in total. The molecule has 204 valence electrons. The number of aliphatic hydroxyl groups excluding tert-OH is 1. The SMILES string of the molecule is CC(C)c1cncc(C2(c3nc4c(c(=O)[nH]3)CN(C(=O)[C@H](O)c3cccc(-c5ccc(F)cc5)c3)CC4)CC2)c1. The Kier molecular flexibility index (Phi) is 6.58. The van der Waals surface area contributed by atoms with E-state index in [0.29, 0.717) is 41.5 Å². The van der Waals surface area contributed by atoms with Crippen LogP contribution < -0.4 is 5.56 Å². The molecule has 4 aromatic rings. The van der Waals surface area contributed by atoms with Crippen LogP contribution in [0.4, 0.5) is 4.39 Å². The lowest BCUT2D eigenvalue weighted by atomic mass is 9.92. The lowest BCUT2D eigenvalue weighted by Crippen LogP contribution is -2.42. The molecular weight excluding hydrogens is 507 g/mol. The molecule has 0 bridgehead atoms. The van der Waals surface area contributed by atoms with Gasteiger partial charge in [0.1, 0.15) is 11.6 Å². The fourth-order valence-corrected chi connectivity index (χ4v) is 5.51. The van der Waals surface area contributed by atoms with Gasteiger partial charge < -0.3 is 15.0 Å². The highest BCUT2D eigenvalue weighted by atomic mass is 19.1. The standard InChI is InChI=1S/C32H31FN4O3/c1-19(2)23-15-24(17-34-16-23)32(11-12-32)31-35-27-10-13-37(18-26(27)29(39)36-31)30(40)28(38)22-5-3-4-21(14-22)20-6-8-25(33)9-7-20/h3-9,14-17,19,28,38H,10-13,18H2,1-2H3,(H,35,36,39)/t28-/m1/s1. The fourth-order valence-electron chi connectivity index (χ4n) is 5.51. The van der Waals surface area contributed by atoms with Crippen LogP contribution in [0.5, 0.6) is 0 Å². The van der Waals surface area contributed by atoms with Crippen molar-refractivity contribution in [1.29, 1.82) is 0 Å². The third-order valence-corrected chi connectivity index (χ3v) is 8.18. The van der Waals surface area contributed by atoms with E-state index in [9.17, 15) is 19.1 Å². The number of halogens is 1. The van der Waals surface area contributed by atoms with Crippen LogP contribution in [-0.4, -0.2) is 37.4 Å². The molecule has 6 rings (SSSR count). The quantitative estimate of drug-likeness (QED) is 0.368. The second kappa shape index (κ2) is 10.1. The van der Waals surface area contributed by atoms with Crippen molar-refractivity contribution in [3.63, 3.8) is 0 Å². The first kappa shape index (κ1) is 26.1. The zero-order valence-corrected chi connectivity index (χ0v) is 22.5. The number of nitrogens with zero attached hydrogens (tertiary/aromatic N) is 3. The van der Waals surface area contributed by atoms with Gasteiger partial charge >= 0.3 is 0 Å². The largest absolute Gasteiger partial charge is 0.378 e. The molecule has 1 saturated carbocycles. The van der Waals surface area contributed by atoms with Crippen molar-refractivity contribution in [3.05, 3.63) is 117 Å². The summed E-state index contributed by atoms with van der Waals surface area (Å²) in [5.41, 5.74) is 4.80. The van der Waals surface area contributed by atoms with Crippen LogP contribution in [-0.2, 0) is 23.2 Å². The van der Waals surface area contributed by atoms with Crippen LogP contribution in [0.25, 0.3) is 11.1 Å². The van der Waals surface area contributed by atoms with Gasteiger partial charge in [-0.1, -0.05) is 50.2 Å². The molecule has 2 N–H and O–H groups in total. The zero-order valence-electron chi connectivity index (χ0n) is 22.5. The van der Waals surface area contributed by atoms with Gasteiger partial charge in [-0.15, -0.1) is 0 Å². The highest BCUT2D eigenvalue weighted by molar-refractivity contribution is 5.83. The molecule has 2 aliphatic rings. The molecule has 1 aliphatic carbocycles. The van der Waals surface area contributed by atoms with Crippen LogP contribution in [0.2, 0.25) is 0 Å². The van der Waals surface area contributed by atoms with E-state index in [1.165, 1.54) is 17.0 Å². The van der Waals surface area contributed by atoms with Crippen LogP contribution in [0.15, 0.2) is 71.8 Å². The Morgan fingerprint density at radius 1 is 1.05 bits per heavy atom. The Balaban J connectivity index is 1.22. The van der Waals surface area contributed by atoms with E-state index in [1.807, 2.05) is 18.5 Å². The van der Waals surface area contributed by atoms with Gasteiger partial charge in [0.15, 0.2) is 6.10 Å². The molecule has 3 heterocycles. The molecule has 1 aliphatic heterocycles. The lowest BCUT2D eigenvalue weighted by Gasteiger charge is -2.30. The number of carbonyl (C=O) groups excluding carboxylic acids is 1. The van der Waals surface area contributed by atoms with E-state index < -0.39 is 12.0 Å². The first-order chi connectivity index (χ1) is 19.2. The number of nitrogens with one attached hydrogen (secondary N) is 1. The molecule has 2 aromatic heterocycles. The summed E-state index contributed by atoms with van der Waals surface area (Å²) >= 11 is 0. The second-order valence-electron chi connectivity index (χ2n) is 11.1. The Bertz CT molecular complexity index is 1640. The average molecular weight is 539 g/mol. The number of pyridine rings is 1. The number of amides is 1. The first-order valence-corrected chi connectivity index (χ1v) is 13.7. The molecule has 1 amide bonds. The van der Waals surface area contributed by atoms with Crippen molar-refractivity contribution in [3.8, 4) is 11.1 Å². The minimum Gasteiger partial charge on any atom is -0.378 e. The first-order valence-electron chi connectivity index (χ1n) is 13.7. The van der Waals surface area contributed by atoms with Gasteiger partial charge in [-0.2, -0.15) is 0 Å². The van der Waals surface area contributed by atoms with Gasteiger partial charge in [0, 0.05) is 25.4 Å². The molecule has 0 spiro atoms. The Morgan fingerprint density at radius 3 is 2.55 bits per heavy atom. The Morgan fingerprint density at radius 2 is 1.82 bits per heavy atom. The zero-order chi connectivity index (χ0) is 28.0. The minimum absolute atomic E-state index is 0.0862. The van der Waals surface area contributed by atoms with E-state index in [2.05, 4.69) is 29.9 Å². The summed E-state index contributed by atoms with van der Waals surface area (Å²) in [4.78, 5) is 40.4. The Labute approximate surface area is 231 Å². The molecular formula is C32H31FN4O3. The second-order valence-corrected chi connectivity index (χ2v) is 11.1. The van der Waals surface area contributed by atoms with Gasteiger partial charge in [0.25, 0.3) is 11.5 Å². The van der Waals surface area contributed by atoms with Gasteiger partial charge in [-0.3, -0.25) is 14.6 Å².